The highest BCUT2D eigenvalue weighted by molar-refractivity contribution is 7.98. The predicted molar refractivity (Wildman–Crippen MR) is 170 cm³/mol. The molecule has 246 valence electrons. The minimum atomic E-state index is -0.980. The van der Waals surface area contributed by atoms with Crippen LogP contribution in [0, 0.1) is 0 Å². The van der Waals surface area contributed by atoms with Gasteiger partial charge in [-0.3, -0.25) is 33.7 Å². The molecule has 2 rings (SSSR count). The Morgan fingerprint density at radius 1 is 0.933 bits per heavy atom. The summed E-state index contributed by atoms with van der Waals surface area (Å²) in [6, 6.07) is 4.93. The van der Waals surface area contributed by atoms with Crippen molar-refractivity contribution in [2.75, 3.05) is 18.6 Å². The lowest BCUT2D eigenvalue weighted by atomic mass is 10.0. The lowest BCUT2D eigenvalue weighted by molar-refractivity contribution is -0.159. The number of benzene rings is 1. The summed E-state index contributed by atoms with van der Waals surface area (Å²) in [4.78, 5) is 87.8. The molecular weight excluding hydrogens is 600 g/mol. The second kappa shape index (κ2) is 18.1. The van der Waals surface area contributed by atoms with Crippen LogP contribution in [0.5, 0.6) is 0 Å². The molecule has 1 heterocycles. The highest BCUT2D eigenvalue weighted by Crippen LogP contribution is 2.14. The monoisotopic (exact) mass is 644 g/mol. The van der Waals surface area contributed by atoms with Gasteiger partial charge in [0.2, 0.25) is 11.8 Å². The van der Waals surface area contributed by atoms with Gasteiger partial charge >= 0.3 is 5.97 Å². The second-order valence-electron chi connectivity index (χ2n) is 11.7. The summed E-state index contributed by atoms with van der Waals surface area (Å²) in [5.41, 5.74) is 0.283. The largest absolute Gasteiger partial charge is 0.458 e. The zero-order valence-corrected chi connectivity index (χ0v) is 27.4. The van der Waals surface area contributed by atoms with Crippen molar-refractivity contribution in [3.63, 3.8) is 0 Å². The number of imide groups is 1. The minimum absolute atomic E-state index is 0.152. The second-order valence-corrected chi connectivity index (χ2v) is 12.7. The van der Waals surface area contributed by atoms with Crippen molar-refractivity contribution in [2.45, 2.75) is 90.4 Å². The Labute approximate surface area is 268 Å². The van der Waals surface area contributed by atoms with Crippen LogP contribution in [0.1, 0.15) is 82.1 Å². The summed E-state index contributed by atoms with van der Waals surface area (Å²) in [5, 5.41) is 8.13. The van der Waals surface area contributed by atoms with Crippen molar-refractivity contribution >= 4 is 53.1 Å². The molecule has 1 aromatic carbocycles. The molecule has 1 aromatic rings. The van der Waals surface area contributed by atoms with Gasteiger partial charge in [0.25, 0.3) is 17.7 Å². The molecule has 1 aliphatic rings. The number of esters is 1. The summed E-state index contributed by atoms with van der Waals surface area (Å²) in [6.45, 7) is 6.99. The quantitative estimate of drug-likeness (QED) is 0.124. The number of ketones is 1. The SMILES string of the molecule is CSCC[C@H](NC(=O)c1cccc(CNC(C)=O)c1)C(=O)CCC(=O)N[C@@H](CCCCN1C(=O)C=CC1=O)C(=O)OC(C)(C)C. The average Bonchev–Trinajstić information content (AvgIpc) is 3.29. The van der Waals surface area contributed by atoms with Gasteiger partial charge in [-0.05, 0) is 76.2 Å². The van der Waals surface area contributed by atoms with Crippen molar-refractivity contribution < 1.29 is 38.3 Å². The van der Waals surface area contributed by atoms with Gasteiger partial charge in [0.05, 0.1) is 6.04 Å². The van der Waals surface area contributed by atoms with Crippen LogP contribution in [0.25, 0.3) is 0 Å². The maximum Gasteiger partial charge on any atom is 0.329 e. The Hall–Kier alpha value is -4.00. The Bertz CT molecular complexity index is 1270. The number of nitrogens with one attached hydrogen (secondary N) is 3. The van der Waals surface area contributed by atoms with Gasteiger partial charge in [0.15, 0.2) is 5.78 Å². The van der Waals surface area contributed by atoms with Crippen molar-refractivity contribution in [3.8, 4) is 0 Å². The Balaban J connectivity index is 1.97. The average molecular weight is 645 g/mol. The van der Waals surface area contributed by atoms with E-state index in [9.17, 15) is 33.6 Å². The van der Waals surface area contributed by atoms with Gasteiger partial charge in [-0.2, -0.15) is 11.8 Å². The fraction of sp³-hybridized carbons (Fsp3) is 0.531. The van der Waals surface area contributed by atoms with E-state index in [2.05, 4.69) is 16.0 Å². The standard InChI is InChI=1S/C32H44N4O8S/c1-21(37)33-20-22-9-8-10-23(19-22)30(42)35-24(16-18-45-5)26(38)12-13-27(39)34-25(31(43)44-32(2,3)4)11-6-7-17-36-28(40)14-15-29(36)41/h8-10,14-15,19,24-25H,6-7,11-13,16-18,20H2,1-5H3,(H,33,37)(H,34,39)(H,35,42)/t24-,25-/m0/s1. The summed E-state index contributed by atoms with van der Waals surface area (Å²) in [6.07, 6.45) is 5.39. The van der Waals surface area contributed by atoms with Crippen molar-refractivity contribution in [3.05, 3.63) is 47.5 Å². The van der Waals surface area contributed by atoms with Crippen molar-refractivity contribution in [1.29, 1.82) is 0 Å². The van der Waals surface area contributed by atoms with Gasteiger partial charge in [-0.25, -0.2) is 4.79 Å². The Morgan fingerprint density at radius 3 is 2.24 bits per heavy atom. The maximum atomic E-state index is 13.2. The zero-order chi connectivity index (χ0) is 33.6. The molecule has 0 fully saturated rings. The van der Waals surface area contributed by atoms with E-state index in [0.29, 0.717) is 30.6 Å². The molecule has 0 radical (unpaired) electrons. The lowest BCUT2D eigenvalue weighted by Gasteiger charge is -2.25. The fourth-order valence-corrected chi connectivity index (χ4v) is 4.88. The molecule has 0 aliphatic carbocycles. The molecule has 0 saturated carbocycles. The molecule has 0 bridgehead atoms. The van der Waals surface area contributed by atoms with E-state index in [-0.39, 0.29) is 55.9 Å². The third kappa shape index (κ3) is 13.7. The third-order valence-corrected chi connectivity index (χ3v) is 7.33. The van der Waals surface area contributed by atoms with Crippen LogP contribution >= 0.6 is 11.8 Å². The zero-order valence-electron chi connectivity index (χ0n) is 26.6. The first-order chi connectivity index (χ1) is 21.2. The topological polar surface area (TPSA) is 168 Å². The van der Waals surface area contributed by atoms with Crippen LogP contribution in [0.3, 0.4) is 0 Å². The normalized spacial score (nSPS) is 14.1. The first kappa shape index (κ1) is 37.2. The van der Waals surface area contributed by atoms with Crippen LogP contribution in [-0.2, 0) is 40.0 Å². The number of amides is 5. The first-order valence-corrected chi connectivity index (χ1v) is 16.3. The molecule has 2 atom stereocenters. The lowest BCUT2D eigenvalue weighted by Crippen LogP contribution is -2.45. The Morgan fingerprint density at radius 2 is 1.62 bits per heavy atom. The van der Waals surface area contributed by atoms with E-state index < -0.39 is 35.5 Å². The number of thioether (sulfide) groups is 1. The number of unbranched alkanes of at least 4 members (excludes halogenated alkanes) is 1. The smallest absolute Gasteiger partial charge is 0.329 e. The molecule has 3 N–H and O–H groups in total. The summed E-state index contributed by atoms with van der Waals surface area (Å²) in [5.74, 6) is -2.26. The number of hydrogen-bond donors (Lipinski definition) is 3. The van der Waals surface area contributed by atoms with Crippen LogP contribution in [0.15, 0.2) is 36.4 Å². The molecule has 0 unspecified atom stereocenters. The van der Waals surface area contributed by atoms with E-state index in [0.717, 1.165) is 10.5 Å². The number of rotatable bonds is 18. The van der Waals surface area contributed by atoms with E-state index in [4.69, 9.17) is 4.74 Å². The van der Waals surface area contributed by atoms with E-state index in [1.807, 2.05) is 6.26 Å². The van der Waals surface area contributed by atoms with Gasteiger partial charge in [-0.1, -0.05) is 12.1 Å². The summed E-state index contributed by atoms with van der Waals surface area (Å²) < 4.78 is 5.47. The van der Waals surface area contributed by atoms with Gasteiger partial charge in [0.1, 0.15) is 11.6 Å². The highest BCUT2D eigenvalue weighted by Gasteiger charge is 2.28. The molecule has 1 aliphatic heterocycles. The third-order valence-electron chi connectivity index (χ3n) is 6.69. The number of hydrogen-bond acceptors (Lipinski definition) is 9. The molecule has 13 heteroatoms. The maximum absolute atomic E-state index is 13.2. The van der Waals surface area contributed by atoms with Crippen molar-refractivity contribution in [1.82, 2.24) is 20.9 Å². The van der Waals surface area contributed by atoms with Gasteiger partial charge in [-0.15, -0.1) is 0 Å². The fourth-order valence-electron chi connectivity index (χ4n) is 4.41. The van der Waals surface area contributed by atoms with E-state index >= 15 is 0 Å². The first-order valence-electron chi connectivity index (χ1n) is 14.9. The predicted octanol–water partition coefficient (Wildman–Crippen LogP) is 2.45. The molecule has 0 aromatic heterocycles. The molecule has 5 amide bonds. The summed E-state index contributed by atoms with van der Waals surface area (Å²) in [7, 11) is 0. The van der Waals surface area contributed by atoms with Crippen LogP contribution in [0.2, 0.25) is 0 Å². The molecular formula is C32H44N4O8S. The highest BCUT2D eigenvalue weighted by atomic mass is 32.2. The molecule has 0 spiro atoms. The van der Waals surface area contributed by atoms with Crippen molar-refractivity contribution in [2.24, 2.45) is 0 Å². The van der Waals surface area contributed by atoms with Crippen LogP contribution in [0.4, 0.5) is 0 Å². The number of Topliss-reactive ketones (excluding diaryl/α,β-unsaturated/α-hetero) is 1. The van der Waals surface area contributed by atoms with Gasteiger partial charge in [0, 0.05) is 50.6 Å². The molecule has 12 nitrogen and oxygen atoms in total. The van der Waals surface area contributed by atoms with Crippen LogP contribution < -0.4 is 16.0 Å². The van der Waals surface area contributed by atoms with Crippen LogP contribution in [-0.4, -0.2) is 82.4 Å². The number of nitrogens with zero attached hydrogens (tertiary/aromatic N) is 1. The van der Waals surface area contributed by atoms with Gasteiger partial charge < -0.3 is 20.7 Å². The summed E-state index contributed by atoms with van der Waals surface area (Å²) >= 11 is 1.52. The molecule has 45 heavy (non-hydrogen) atoms. The molecule has 0 saturated heterocycles. The number of carbonyl (C=O) groups excluding carboxylic acids is 7. The Kier molecular flexibility index (Phi) is 14.9. The number of ether oxygens (including phenoxy) is 1. The minimum Gasteiger partial charge on any atom is -0.458 e. The number of carbonyl (C=O) groups is 7. The van der Waals surface area contributed by atoms with E-state index in [1.54, 1.807) is 45.0 Å². The van der Waals surface area contributed by atoms with E-state index in [1.165, 1.54) is 30.8 Å².